The molecule has 0 radical (unpaired) electrons. The average Bonchev–Trinajstić information content (AvgIpc) is 2.98. The van der Waals surface area contributed by atoms with Gasteiger partial charge in [-0.2, -0.15) is 0 Å². The van der Waals surface area contributed by atoms with Gasteiger partial charge in [-0.25, -0.2) is 4.98 Å². The molecule has 1 atom stereocenters. The van der Waals surface area contributed by atoms with Gasteiger partial charge in [0, 0.05) is 24.5 Å². The molecule has 0 aliphatic carbocycles. The van der Waals surface area contributed by atoms with E-state index in [0.29, 0.717) is 15.1 Å². The first-order valence-electron chi connectivity index (χ1n) is 6.68. The Balaban J connectivity index is 2.16. The summed E-state index contributed by atoms with van der Waals surface area (Å²) in [5.74, 6) is -1.91. The maximum absolute atomic E-state index is 12.3. The number of nitrogens with zero attached hydrogens (tertiary/aromatic N) is 2. The smallest absolute Gasteiger partial charge is 0.308 e. The molecular formula is C15H14Cl2N2O3S. The maximum Gasteiger partial charge on any atom is 0.308 e. The van der Waals surface area contributed by atoms with Crippen LogP contribution in [0.5, 0.6) is 0 Å². The molecule has 1 aromatic heterocycles. The van der Waals surface area contributed by atoms with Gasteiger partial charge in [0.1, 0.15) is 10.7 Å². The third-order valence-electron chi connectivity index (χ3n) is 3.21. The zero-order chi connectivity index (χ0) is 17.1. The SMILES string of the molecule is CC(CN(C)C(=O)c1csc(-c2ccc(Cl)c(Cl)c2)n1)C(=O)O. The molecule has 0 saturated carbocycles. The number of halogens is 2. The fourth-order valence-electron chi connectivity index (χ4n) is 1.90. The Kier molecular flexibility index (Phi) is 5.62. The van der Waals surface area contributed by atoms with Crippen LogP contribution in [0.1, 0.15) is 17.4 Å². The number of hydrogen-bond acceptors (Lipinski definition) is 4. The minimum absolute atomic E-state index is 0.119. The number of carbonyl (C=O) groups is 2. The first kappa shape index (κ1) is 17.7. The first-order chi connectivity index (χ1) is 10.8. The molecule has 8 heteroatoms. The van der Waals surface area contributed by atoms with Crippen molar-refractivity contribution in [3.63, 3.8) is 0 Å². The molecule has 0 spiro atoms. The van der Waals surface area contributed by atoms with Gasteiger partial charge in [0.05, 0.1) is 16.0 Å². The first-order valence-corrected chi connectivity index (χ1v) is 8.32. The summed E-state index contributed by atoms with van der Waals surface area (Å²) in [7, 11) is 1.56. The second-order valence-electron chi connectivity index (χ2n) is 5.09. The van der Waals surface area contributed by atoms with Crippen LogP contribution < -0.4 is 0 Å². The lowest BCUT2D eigenvalue weighted by Crippen LogP contribution is -2.33. The van der Waals surface area contributed by atoms with Crippen molar-refractivity contribution in [3.05, 3.63) is 39.3 Å². The van der Waals surface area contributed by atoms with E-state index in [4.69, 9.17) is 28.3 Å². The van der Waals surface area contributed by atoms with Crippen molar-refractivity contribution in [3.8, 4) is 10.6 Å². The zero-order valence-corrected chi connectivity index (χ0v) is 14.7. The number of rotatable bonds is 5. The Bertz CT molecular complexity index is 748. The Hall–Kier alpha value is -1.63. The van der Waals surface area contributed by atoms with Gasteiger partial charge in [-0.3, -0.25) is 9.59 Å². The molecule has 122 valence electrons. The highest BCUT2D eigenvalue weighted by Gasteiger charge is 2.20. The number of amides is 1. The molecule has 0 fully saturated rings. The molecular weight excluding hydrogens is 359 g/mol. The standard InChI is InChI=1S/C15H14Cl2N2O3S/c1-8(15(21)22)6-19(2)14(20)12-7-23-13(18-12)9-3-4-10(16)11(17)5-9/h3-5,7-8H,6H2,1-2H3,(H,21,22). The summed E-state index contributed by atoms with van der Waals surface area (Å²) in [5, 5.41) is 12.1. The van der Waals surface area contributed by atoms with Crippen molar-refractivity contribution >= 4 is 46.4 Å². The highest BCUT2D eigenvalue weighted by molar-refractivity contribution is 7.13. The maximum atomic E-state index is 12.3. The Morgan fingerprint density at radius 2 is 2.04 bits per heavy atom. The van der Waals surface area contributed by atoms with E-state index in [-0.39, 0.29) is 18.1 Å². The van der Waals surface area contributed by atoms with Crippen LogP contribution in [0.2, 0.25) is 10.0 Å². The number of carboxylic acids is 1. The van der Waals surface area contributed by atoms with Crippen LogP contribution in [0.3, 0.4) is 0 Å². The number of aromatic nitrogens is 1. The van der Waals surface area contributed by atoms with Crippen LogP contribution in [-0.2, 0) is 4.79 Å². The van der Waals surface area contributed by atoms with Crippen LogP contribution in [0, 0.1) is 5.92 Å². The number of thiazole rings is 1. The van der Waals surface area contributed by atoms with E-state index in [1.165, 1.54) is 16.2 Å². The van der Waals surface area contributed by atoms with Crippen LogP contribution >= 0.6 is 34.5 Å². The van der Waals surface area contributed by atoms with Crippen molar-refractivity contribution in [2.24, 2.45) is 5.92 Å². The molecule has 0 saturated heterocycles. The van der Waals surface area contributed by atoms with Crippen LogP contribution in [0.15, 0.2) is 23.6 Å². The summed E-state index contributed by atoms with van der Waals surface area (Å²) in [6, 6.07) is 5.13. The minimum Gasteiger partial charge on any atom is -0.481 e. The molecule has 0 aliphatic heterocycles. The third kappa shape index (κ3) is 4.22. The minimum atomic E-state index is -0.945. The molecule has 5 nitrogen and oxygen atoms in total. The lowest BCUT2D eigenvalue weighted by molar-refractivity contribution is -0.141. The Morgan fingerprint density at radius 1 is 1.35 bits per heavy atom. The van der Waals surface area contributed by atoms with E-state index >= 15 is 0 Å². The summed E-state index contributed by atoms with van der Waals surface area (Å²) >= 11 is 13.2. The van der Waals surface area contributed by atoms with E-state index in [9.17, 15) is 9.59 Å². The van der Waals surface area contributed by atoms with Crippen LogP contribution in [0.25, 0.3) is 10.6 Å². The quantitative estimate of drug-likeness (QED) is 0.863. The summed E-state index contributed by atoms with van der Waals surface area (Å²) in [5.41, 5.74) is 1.04. The van der Waals surface area contributed by atoms with E-state index in [0.717, 1.165) is 5.56 Å². The zero-order valence-electron chi connectivity index (χ0n) is 12.4. The van der Waals surface area contributed by atoms with Gasteiger partial charge in [0.2, 0.25) is 0 Å². The normalized spacial score (nSPS) is 12.0. The van der Waals surface area contributed by atoms with Gasteiger partial charge < -0.3 is 10.0 Å². The van der Waals surface area contributed by atoms with Crippen molar-refractivity contribution in [2.45, 2.75) is 6.92 Å². The predicted molar refractivity (Wildman–Crippen MR) is 91.3 cm³/mol. The molecule has 2 aromatic rings. The second kappa shape index (κ2) is 7.29. The van der Waals surface area contributed by atoms with Crippen molar-refractivity contribution in [1.29, 1.82) is 0 Å². The van der Waals surface area contributed by atoms with Gasteiger partial charge in [0.15, 0.2) is 0 Å². The predicted octanol–water partition coefficient (Wildman–Crippen LogP) is 3.91. The summed E-state index contributed by atoms with van der Waals surface area (Å²) in [6.07, 6.45) is 0. The number of hydrogen-bond donors (Lipinski definition) is 1. The molecule has 1 N–H and O–H groups in total. The number of benzene rings is 1. The molecule has 2 rings (SSSR count). The van der Waals surface area contributed by atoms with Crippen molar-refractivity contribution < 1.29 is 14.7 Å². The largest absolute Gasteiger partial charge is 0.481 e. The van der Waals surface area contributed by atoms with Gasteiger partial charge in [-0.15, -0.1) is 11.3 Å². The topological polar surface area (TPSA) is 70.5 Å². The summed E-state index contributed by atoms with van der Waals surface area (Å²) in [4.78, 5) is 28.8. The van der Waals surface area contributed by atoms with Gasteiger partial charge >= 0.3 is 5.97 Å². The van der Waals surface area contributed by atoms with Gasteiger partial charge in [-0.05, 0) is 12.1 Å². The molecule has 1 heterocycles. The van der Waals surface area contributed by atoms with Crippen LogP contribution in [0.4, 0.5) is 0 Å². The molecule has 0 bridgehead atoms. The van der Waals surface area contributed by atoms with E-state index in [2.05, 4.69) is 4.98 Å². The molecule has 0 aliphatic rings. The molecule has 1 unspecified atom stereocenters. The fraction of sp³-hybridized carbons (Fsp3) is 0.267. The van der Waals surface area contributed by atoms with Crippen molar-refractivity contribution in [1.82, 2.24) is 9.88 Å². The summed E-state index contributed by atoms with van der Waals surface area (Å²) in [6.45, 7) is 1.67. The van der Waals surface area contributed by atoms with Crippen molar-refractivity contribution in [2.75, 3.05) is 13.6 Å². The van der Waals surface area contributed by atoms with E-state index in [1.54, 1.807) is 37.6 Å². The van der Waals surface area contributed by atoms with E-state index in [1.807, 2.05) is 0 Å². The third-order valence-corrected chi connectivity index (χ3v) is 4.84. The highest BCUT2D eigenvalue weighted by Crippen LogP contribution is 2.30. The molecule has 1 amide bonds. The Morgan fingerprint density at radius 3 is 2.65 bits per heavy atom. The lowest BCUT2D eigenvalue weighted by Gasteiger charge is -2.18. The van der Waals surface area contributed by atoms with E-state index < -0.39 is 11.9 Å². The van der Waals surface area contributed by atoms with Crippen LogP contribution in [-0.4, -0.2) is 40.5 Å². The highest BCUT2D eigenvalue weighted by atomic mass is 35.5. The van der Waals surface area contributed by atoms with Gasteiger partial charge in [0.25, 0.3) is 5.91 Å². The number of aliphatic carboxylic acids is 1. The summed E-state index contributed by atoms with van der Waals surface area (Å²) < 4.78 is 0. The molecule has 1 aromatic carbocycles. The monoisotopic (exact) mass is 372 g/mol. The second-order valence-corrected chi connectivity index (χ2v) is 6.76. The Labute approximate surface area is 147 Å². The number of carbonyl (C=O) groups excluding carboxylic acids is 1. The van der Waals surface area contributed by atoms with Gasteiger partial charge in [-0.1, -0.05) is 36.2 Å². The number of carboxylic acid groups (broad SMARTS) is 1. The fourth-order valence-corrected chi connectivity index (χ4v) is 2.99. The average molecular weight is 373 g/mol. The lowest BCUT2D eigenvalue weighted by atomic mass is 10.2. The molecule has 23 heavy (non-hydrogen) atoms.